The van der Waals surface area contributed by atoms with Crippen molar-refractivity contribution in [3.63, 3.8) is 0 Å². The van der Waals surface area contributed by atoms with Crippen LogP contribution in [0.25, 0.3) is 27.9 Å². The highest BCUT2D eigenvalue weighted by Gasteiger charge is 2.19. The van der Waals surface area contributed by atoms with Crippen LogP contribution in [0.5, 0.6) is 0 Å². The summed E-state index contributed by atoms with van der Waals surface area (Å²) in [6.45, 7) is 0.249. The third kappa shape index (κ3) is 3.71. The number of halogens is 2. The van der Waals surface area contributed by atoms with Gasteiger partial charge in [0.2, 0.25) is 0 Å². The molecule has 0 radical (unpaired) electrons. The van der Waals surface area contributed by atoms with E-state index in [1.165, 1.54) is 9.20 Å². The summed E-state index contributed by atoms with van der Waals surface area (Å²) < 4.78 is 2.68. The molecular formula is C23H15Cl2N5O. The second-order valence-corrected chi connectivity index (χ2v) is 7.82. The molecule has 31 heavy (non-hydrogen) atoms. The van der Waals surface area contributed by atoms with E-state index in [0.717, 1.165) is 27.9 Å². The van der Waals surface area contributed by atoms with Crippen molar-refractivity contribution in [2.24, 2.45) is 0 Å². The van der Waals surface area contributed by atoms with E-state index in [4.69, 9.17) is 23.2 Å². The van der Waals surface area contributed by atoms with Crippen molar-refractivity contribution in [2.45, 2.75) is 6.54 Å². The Hall–Kier alpha value is -3.48. The van der Waals surface area contributed by atoms with E-state index >= 15 is 0 Å². The van der Waals surface area contributed by atoms with Gasteiger partial charge in [0.15, 0.2) is 5.65 Å². The van der Waals surface area contributed by atoms with E-state index in [2.05, 4.69) is 15.2 Å². The van der Waals surface area contributed by atoms with Gasteiger partial charge in [-0.1, -0.05) is 53.5 Å². The van der Waals surface area contributed by atoms with Gasteiger partial charge in [-0.2, -0.15) is 9.61 Å². The lowest BCUT2D eigenvalue weighted by molar-refractivity contribution is 0.639. The van der Waals surface area contributed by atoms with Gasteiger partial charge in [-0.25, -0.2) is 9.48 Å². The Morgan fingerprint density at radius 3 is 2.16 bits per heavy atom. The van der Waals surface area contributed by atoms with Crippen LogP contribution in [0.15, 0.2) is 83.9 Å². The van der Waals surface area contributed by atoms with E-state index in [1.807, 2.05) is 66.7 Å². The van der Waals surface area contributed by atoms with Crippen LogP contribution in [0.4, 0.5) is 0 Å². The van der Waals surface area contributed by atoms with E-state index in [0.29, 0.717) is 15.7 Å². The van der Waals surface area contributed by atoms with Crippen LogP contribution >= 0.6 is 23.2 Å². The van der Waals surface area contributed by atoms with Crippen molar-refractivity contribution in [3.05, 3.63) is 105 Å². The molecule has 3 aromatic heterocycles. The van der Waals surface area contributed by atoms with E-state index in [1.54, 1.807) is 12.4 Å². The number of hydrogen-bond donors (Lipinski definition) is 0. The van der Waals surface area contributed by atoms with Crippen LogP contribution in [0.1, 0.15) is 5.69 Å². The Morgan fingerprint density at radius 2 is 1.52 bits per heavy atom. The molecule has 0 N–H and O–H groups in total. The first-order chi connectivity index (χ1) is 15.1. The Morgan fingerprint density at radius 1 is 0.839 bits per heavy atom. The predicted molar refractivity (Wildman–Crippen MR) is 121 cm³/mol. The first kappa shape index (κ1) is 19.5. The fraction of sp³-hybridized carbons (Fsp3) is 0.0435. The van der Waals surface area contributed by atoms with Crippen LogP contribution in [0.3, 0.4) is 0 Å². The van der Waals surface area contributed by atoms with Crippen LogP contribution in [-0.2, 0) is 6.54 Å². The normalized spacial score (nSPS) is 11.2. The first-order valence-corrected chi connectivity index (χ1v) is 10.3. The molecule has 5 rings (SSSR count). The molecule has 0 unspecified atom stereocenters. The number of aromatic nitrogens is 5. The number of pyridine rings is 1. The predicted octanol–water partition coefficient (Wildman–Crippen LogP) is 4.98. The maximum absolute atomic E-state index is 13.0. The fourth-order valence-corrected chi connectivity index (χ4v) is 3.71. The molecule has 8 heteroatoms. The van der Waals surface area contributed by atoms with Crippen LogP contribution in [0.2, 0.25) is 10.0 Å². The minimum atomic E-state index is -0.335. The van der Waals surface area contributed by atoms with Gasteiger partial charge in [0.05, 0.1) is 18.4 Å². The summed E-state index contributed by atoms with van der Waals surface area (Å²) >= 11 is 12.2. The Kier molecular flexibility index (Phi) is 5.02. The van der Waals surface area contributed by atoms with Gasteiger partial charge < -0.3 is 0 Å². The molecular weight excluding hydrogens is 433 g/mol. The summed E-state index contributed by atoms with van der Waals surface area (Å²) in [5.41, 5.74) is 4.26. The maximum atomic E-state index is 13.0. The second kappa shape index (κ2) is 7.98. The first-order valence-electron chi connectivity index (χ1n) is 9.51. The lowest BCUT2D eigenvalue weighted by Gasteiger charge is -2.11. The highest BCUT2D eigenvalue weighted by atomic mass is 35.5. The quantitative estimate of drug-likeness (QED) is 0.389. The molecule has 6 nitrogen and oxygen atoms in total. The lowest BCUT2D eigenvalue weighted by Crippen LogP contribution is -2.23. The summed E-state index contributed by atoms with van der Waals surface area (Å²) in [5, 5.41) is 10.3. The average Bonchev–Trinajstić information content (AvgIpc) is 3.10. The average molecular weight is 448 g/mol. The zero-order valence-electron chi connectivity index (χ0n) is 16.1. The molecule has 3 heterocycles. The number of benzene rings is 2. The Balaban J connectivity index is 1.75. The lowest BCUT2D eigenvalue weighted by atomic mass is 9.97. The number of hydrogen-bond acceptors (Lipinski definition) is 4. The van der Waals surface area contributed by atoms with Crippen molar-refractivity contribution in [1.29, 1.82) is 0 Å². The highest BCUT2D eigenvalue weighted by molar-refractivity contribution is 6.31. The van der Waals surface area contributed by atoms with Gasteiger partial charge in [0.25, 0.3) is 0 Å². The number of nitrogens with zero attached hydrogens (tertiary/aromatic N) is 5. The van der Waals surface area contributed by atoms with Crippen LogP contribution in [-0.4, -0.2) is 24.4 Å². The third-order valence-electron chi connectivity index (χ3n) is 4.94. The monoisotopic (exact) mass is 447 g/mol. The summed E-state index contributed by atoms with van der Waals surface area (Å²) in [7, 11) is 0. The minimum absolute atomic E-state index is 0.249. The second-order valence-electron chi connectivity index (χ2n) is 6.94. The van der Waals surface area contributed by atoms with Gasteiger partial charge in [0.1, 0.15) is 0 Å². The summed E-state index contributed by atoms with van der Waals surface area (Å²) in [5.74, 6) is 0. The third-order valence-corrected chi connectivity index (χ3v) is 5.44. The van der Waals surface area contributed by atoms with Gasteiger partial charge in [0, 0.05) is 27.4 Å². The molecule has 0 atom stereocenters. The molecule has 152 valence electrons. The molecule has 0 amide bonds. The van der Waals surface area contributed by atoms with Crippen LogP contribution < -0.4 is 5.69 Å². The molecule has 2 aromatic carbocycles. The SMILES string of the molecule is O=c1n(Cc2ccccn2)nc2c(-c3ccc(Cl)cc3)c(-c3ccc(Cl)cc3)cnn12. The van der Waals surface area contributed by atoms with E-state index in [9.17, 15) is 4.79 Å². The largest absolute Gasteiger partial charge is 0.367 e. The molecule has 0 aliphatic carbocycles. The number of rotatable bonds is 4. The molecule has 0 aliphatic heterocycles. The summed E-state index contributed by atoms with van der Waals surface area (Å²) in [4.78, 5) is 17.3. The molecule has 0 bridgehead atoms. The smallest absolute Gasteiger partial charge is 0.259 e. The van der Waals surface area contributed by atoms with Crippen molar-refractivity contribution in [3.8, 4) is 22.3 Å². The van der Waals surface area contributed by atoms with E-state index < -0.39 is 0 Å². The Labute approximate surface area is 187 Å². The molecule has 0 saturated heterocycles. The molecule has 0 saturated carbocycles. The molecule has 0 fully saturated rings. The topological polar surface area (TPSA) is 65.1 Å². The van der Waals surface area contributed by atoms with Gasteiger partial charge >= 0.3 is 5.69 Å². The van der Waals surface area contributed by atoms with Crippen molar-refractivity contribution >= 4 is 28.8 Å². The van der Waals surface area contributed by atoms with E-state index in [-0.39, 0.29) is 12.2 Å². The molecule has 5 aromatic rings. The van der Waals surface area contributed by atoms with Crippen LogP contribution in [0, 0.1) is 0 Å². The van der Waals surface area contributed by atoms with Crippen molar-refractivity contribution in [1.82, 2.24) is 24.4 Å². The molecule has 0 spiro atoms. The van der Waals surface area contributed by atoms with Gasteiger partial charge in [-0.15, -0.1) is 5.10 Å². The van der Waals surface area contributed by atoms with Crippen molar-refractivity contribution < 1.29 is 0 Å². The number of fused-ring (bicyclic) bond motifs is 1. The fourth-order valence-electron chi connectivity index (χ4n) is 3.46. The van der Waals surface area contributed by atoms with Crippen molar-refractivity contribution in [2.75, 3.05) is 0 Å². The maximum Gasteiger partial charge on any atom is 0.367 e. The standard InChI is InChI=1S/C23H15Cl2N5O/c24-17-8-4-15(5-9-17)20-13-27-30-22(21(20)16-6-10-18(25)11-7-16)28-29(23(30)31)14-19-3-1-2-12-26-19/h1-13H,14H2. The molecule has 0 aliphatic rings. The van der Waals surface area contributed by atoms with Gasteiger partial charge in [-0.3, -0.25) is 4.98 Å². The summed E-state index contributed by atoms with van der Waals surface area (Å²) in [6, 6.07) is 20.4. The Bertz CT molecular complexity index is 1430. The zero-order chi connectivity index (χ0) is 21.4. The zero-order valence-corrected chi connectivity index (χ0v) is 17.6. The minimum Gasteiger partial charge on any atom is -0.259 e. The summed E-state index contributed by atoms with van der Waals surface area (Å²) in [6.07, 6.45) is 3.36. The van der Waals surface area contributed by atoms with Gasteiger partial charge in [-0.05, 0) is 47.5 Å². The highest BCUT2D eigenvalue weighted by Crippen LogP contribution is 2.34.